The van der Waals surface area contributed by atoms with Crippen LogP contribution in [0.2, 0.25) is 0 Å². The molecule has 2 aliphatic rings. The Balaban J connectivity index is 2.04. The van der Waals surface area contributed by atoms with Crippen molar-refractivity contribution in [2.75, 3.05) is 41.7 Å². The van der Waals surface area contributed by atoms with Gasteiger partial charge < -0.3 is 24.8 Å². The number of hydrogen-bond acceptors (Lipinski definition) is 16. The number of aliphatic hydroxyl groups excluding tert-OH is 3. The molecule has 35 heavy (non-hydrogen) atoms. The van der Waals surface area contributed by atoms with Crippen molar-refractivity contribution in [1.82, 2.24) is 0 Å². The molecule has 2 radical (unpaired) electrons. The van der Waals surface area contributed by atoms with Crippen LogP contribution >= 0.6 is 23.5 Å². The molecule has 0 spiro atoms. The highest BCUT2D eigenvalue weighted by molar-refractivity contribution is 7.62. The molecule has 2 rings (SSSR count). The van der Waals surface area contributed by atoms with Crippen LogP contribution in [0.4, 0.5) is 0 Å². The Bertz CT molecular complexity index is 824. The Hall–Kier alpha value is 0.235. The van der Waals surface area contributed by atoms with Crippen LogP contribution in [0.1, 0.15) is 6.92 Å². The summed E-state index contributed by atoms with van der Waals surface area (Å²) < 4.78 is 87.6. The van der Waals surface area contributed by atoms with Crippen molar-refractivity contribution in [3.63, 3.8) is 0 Å². The molecule has 0 aromatic carbocycles. The summed E-state index contributed by atoms with van der Waals surface area (Å²) in [5.41, 5.74) is 0. The number of hydrogen-bond donors (Lipinski definition) is 3. The van der Waals surface area contributed by atoms with Gasteiger partial charge in [0, 0.05) is 34.4 Å². The molecule has 0 amide bonds. The maximum atomic E-state index is 12.9. The largest absolute Gasteiger partial charge is 0.483 e. The number of rotatable bonds is 14. The lowest BCUT2D eigenvalue weighted by Gasteiger charge is -2.26. The average molecular weight is 570 g/mol. The van der Waals surface area contributed by atoms with Crippen LogP contribution in [-0.4, -0.2) is 114 Å². The highest BCUT2D eigenvalue weighted by Crippen LogP contribution is 2.65. The molecule has 0 aromatic rings. The SMILES string of the molecule is [B]C1OC(COP(=O)(OC)OP(=O)(OC)OCC2OC(C)C(O)C2O)C(OP(=O)(OC)OC)C1O. The van der Waals surface area contributed by atoms with Gasteiger partial charge in [-0.3, -0.25) is 31.7 Å². The molecule has 0 aliphatic carbocycles. The van der Waals surface area contributed by atoms with E-state index in [4.69, 9.17) is 44.2 Å². The van der Waals surface area contributed by atoms with E-state index in [1.807, 2.05) is 0 Å². The third kappa shape index (κ3) is 7.87. The van der Waals surface area contributed by atoms with Crippen molar-refractivity contribution >= 4 is 31.3 Å². The summed E-state index contributed by atoms with van der Waals surface area (Å²) in [4.78, 5) is 0. The lowest BCUT2D eigenvalue weighted by molar-refractivity contribution is -0.0218. The highest BCUT2D eigenvalue weighted by Gasteiger charge is 2.49. The third-order valence-electron chi connectivity index (χ3n) is 5.11. The molecule has 16 nitrogen and oxygen atoms in total. The molecule has 10 atom stereocenters. The molecule has 0 bridgehead atoms. The molecular weight excluding hydrogens is 540 g/mol. The van der Waals surface area contributed by atoms with Gasteiger partial charge >= 0.3 is 23.5 Å². The van der Waals surface area contributed by atoms with E-state index in [0.29, 0.717) is 0 Å². The second-order valence-corrected chi connectivity index (χ2v) is 12.8. The van der Waals surface area contributed by atoms with E-state index in [0.717, 1.165) is 28.4 Å². The van der Waals surface area contributed by atoms with Crippen LogP contribution in [0.3, 0.4) is 0 Å². The van der Waals surface area contributed by atoms with E-state index >= 15 is 0 Å². The van der Waals surface area contributed by atoms with Gasteiger partial charge in [0.25, 0.3) is 0 Å². The van der Waals surface area contributed by atoms with Gasteiger partial charge in [0.05, 0.1) is 19.3 Å². The quantitative estimate of drug-likeness (QED) is 0.187. The van der Waals surface area contributed by atoms with E-state index < -0.39 is 85.4 Å². The molecule has 10 unspecified atom stereocenters. The minimum Gasteiger partial charge on any atom is -0.388 e. The molecule has 3 N–H and O–H groups in total. The normalized spacial score (nSPS) is 37.3. The fraction of sp³-hybridized carbons (Fsp3) is 1.00. The fourth-order valence-electron chi connectivity index (χ4n) is 3.08. The van der Waals surface area contributed by atoms with Crippen molar-refractivity contribution in [2.45, 2.75) is 55.7 Å². The number of aliphatic hydroxyl groups is 3. The maximum Gasteiger partial charge on any atom is 0.483 e. The monoisotopic (exact) mass is 570 g/mol. The first-order chi connectivity index (χ1) is 16.3. The van der Waals surface area contributed by atoms with E-state index in [1.54, 1.807) is 0 Å². The molecule has 204 valence electrons. The summed E-state index contributed by atoms with van der Waals surface area (Å²) in [5, 5.41) is 29.9. The zero-order valence-corrected chi connectivity index (χ0v) is 22.3. The number of phosphoric ester groups is 3. The molecule has 2 heterocycles. The first-order valence-electron chi connectivity index (χ1n) is 10.1. The molecule has 0 saturated carbocycles. The molecule has 2 saturated heterocycles. The Labute approximate surface area is 203 Å². The van der Waals surface area contributed by atoms with Crippen LogP contribution in [0.15, 0.2) is 0 Å². The van der Waals surface area contributed by atoms with E-state index in [9.17, 15) is 29.0 Å². The van der Waals surface area contributed by atoms with Gasteiger partial charge in [-0.15, -0.1) is 0 Å². The first-order valence-corrected chi connectivity index (χ1v) is 14.5. The van der Waals surface area contributed by atoms with Gasteiger partial charge in [-0.2, -0.15) is 4.31 Å². The number of ether oxygens (including phenoxy) is 2. The van der Waals surface area contributed by atoms with Gasteiger partial charge in [0.15, 0.2) is 0 Å². The summed E-state index contributed by atoms with van der Waals surface area (Å²) in [7, 11) is -3.81. The molecule has 2 aliphatic heterocycles. The van der Waals surface area contributed by atoms with E-state index in [2.05, 4.69) is 9.05 Å². The van der Waals surface area contributed by atoms with E-state index in [1.165, 1.54) is 6.92 Å². The van der Waals surface area contributed by atoms with Crippen LogP contribution in [0.5, 0.6) is 0 Å². The van der Waals surface area contributed by atoms with Gasteiger partial charge in [-0.1, -0.05) is 0 Å². The maximum absolute atomic E-state index is 12.9. The van der Waals surface area contributed by atoms with Gasteiger partial charge in [-0.05, 0) is 6.92 Å². The Kier molecular flexibility index (Phi) is 11.6. The molecule has 0 aromatic heterocycles. The third-order valence-corrected chi connectivity index (χ3v) is 9.93. The van der Waals surface area contributed by atoms with Gasteiger partial charge in [-0.25, -0.2) is 13.7 Å². The van der Waals surface area contributed by atoms with Crippen molar-refractivity contribution < 1.29 is 74.5 Å². The van der Waals surface area contributed by atoms with Gasteiger partial charge in [0.1, 0.15) is 44.5 Å². The van der Waals surface area contributed by atoms with Gasteiger partial charge in [0.2, 0.25) is 0 Å². The van der Waals surface area contributed by atoms with Crippen LogP contribution in [0.25, 0.3) is 0 Å². The minimum absolute atomic E-state index is 0.566. The summed E-state index contributed by atoms with van der Waals surface area (Å²) in [6, 6.07) is -1.30. The first kappa shape index (κ1) is 31.5. The Morgan fingerprint density at radius 3 is 1.66 bits per heavy atom. The van der Waals surface area contributed by atoms with Crippen LogP contribution in [0, 0.1) is 0 Å². The fourth-order valence-corrected chi connectivity index (χ4v) is 6.72. The topological polar surface area (TPSA) is 204 Å². The predicted molar refractivity (Wildman–Crippen MR) is 115 cm³/mol. The summed E-state index contributed by atoms with van der Waals surface area (Å²) in [5.74, 6) is 0. The van der Waals surface area contributed by atoms with Crippen molar-refractivity contribution in [3.05, 3.63) is 0 Å². The average Bonchev–Trinajstić information content (AvgIpc) is 3.25. The van der Waals surface area contributed by atoms with Crippen LogP contribution < -0.4 is 0 Å². The zero-order chi connectivity index (χ0) is 26.6. The zero-order valence-electron chi connectivity index (χ0n) is 19.6. The Morgan fingerprint density at radius 2 is 1.23 bits per heavy atom. The van der Waals surface area contributed by atoms with Crippen molar-refractivity contribution in [1.29, 1.82) is 0 Å². The summed E-state index contributed by atoms with van der Waals surface area (Å²) >= 11 is 0. The molecular formula is C15H30BO16P3. The lowest BCUT2D eigenvalue weighted by Crippen LogP contribution is -2.36. The second-order valence-electron chi connectivity index (χ2n) is 7.31. The lowest BCUT2D eigenvalue weighted by atomic mass is 9.93. The minimum atomic E-state index is -4.68. The van der Waals surface area contributed by atoms with Crippen LogP contribution in [-0.2, 0) is 59.1 Å². The standard InChI is InChI=1S/C15H30BO16P3/c1-8-11(17)12(18)9(29-8)6-27-34(21,25-4)32-35(22,26-5)28-7-10-14(13(19)15(16)30-10)31-33(20,23-2)24-3/h8-15,17-19H,6-7H2,1-5H3. The highest BCUT2D eigenvalue weighted by atomic mass is 31.3. The summed E-state index contributed by atoms with van der Waals surface area (Å²) in [6.07, 6.45) is -8.55. The van der Waals surface area contributed by atoms with Crippen molar-refractivity contribution in [2.24, 2.45) is 0 Å². The molecule has 2 fully saturated rings. The number of phosphoric acid groups is 3. The molecule has 20 heteroatoms. The smallest absolute Gasteiger partial charge is 0.388 e. The summed E-state index contributed by atoms with van der Waals surface area (Å²) in [6.45, 7) is 0.256. The Morgan fingerprint density at radius 1 is 0.743 bits per heavy atom. The predicted octanol–water partition coefficient (Wildman–Crippen LogP) is 0.0947. The second kappa shape index (κ2) is 12.9. The van der Waals surface area contributed by atoms with E-state index in [-0.39, 0.29) is 0 Å². The van der Waals surface area contributed by atoms with Crippen molar-refractivity contribution in [3.8, 4) is 0 Å².